The zero-order valence-corrected chi connectivity index (χ0v) is 16.5. The van der Waals surface area contributed by atoms with Crippen LogP contribution in [0.15, 0.2) is 30.9 Å². The summed E-state index contributed by atoms with van der Waals surface area (Å²) in [5.74, 6) is 2.08. The van der Waals surface area contributed by atoms with Gasteiger partial charge in [0.1, 0.15) is 5.75 Å². The van der Waals surface area contributed by atoms with Crippen molar-refractivity contribution in [3.63, 3.8) is 0 Å². The van der Waals surface area contributed by atoms with Crippen LogP contribution >= 0.6 is 0 Å². The molecule has 1 aromatic carbocycles. The summed E-state index contributed by atoms with van der Waals surface area (Å²) in [4.78, 5) is 0. The third-order valence-corrected chi connectivity index (χ3v) is 6.85. The van der Waals surface area contributed by atoms with Gasteiger partial charge in [0.05, 0.1) is 6.61 Å². The lowest BCUT2D eigenvalue weighted by molar-refractivity contribution is 0.121. The van der Waals surface area contributed by atoms with E-state index in [-0.39, 0.29) is 0 Å². The average molecular weight is 377 g/mol. The molecule has 1 aromatic rings. The molecule has 0 atom stereocenters. The average Bonchev–Trinajstić information content (AvgIpc) is 2.70. The fraction of sp³-hybridized carbons (Fsp3) is 0.667. The number of allylic oxidation sites excluding steroid dienone is 1. The summed E-state index contributed by atoms with van der Waals surface area (Å²) in [6.45, 7) is 4.44. The third kappa shape index (κ3) is 6.05. The van der Waals surface area contributed by atoms with Crippen molar-refractivity contribution in [2.24, 2.45) is 23.7 Å². The van der Waals surface area contributed by atoms with E-state index in [0.717, 1.165) is 36.3 Å². The van der Waals surface area contributed by atoms with Gasteiger partial charge in [-0.2, -0.15) is 0 Å². The summed E-state index contributed by atoms with van der Waals surface area (Å²) in [6.07, 6.45) is 16.6. The molecule has 3 rings (SSSR count). The molecule has 0 amide bonds. The van der Waals surface area contributed by atoms with E-state index in [1.54, 1.807) is 0 Å². The molecular formula is C24H34F2O. The normalized spacial score (nSPS) is 28.7. The molecule has 0 aliphatic heterocycles. The molecule has 27 heavy (non-hydrogen) atoms. The third-order valence-electron chi connectivity index (χ3n) is 6.85. The number of ether oxygens (including phenoxy) is 1. The first-order valence-electron chi connectivity index (χ1n) is 10.8. The molecule has 150 valence electrons. The lowest BCUT2D eigenvalue weighted by Crippen LogP contribution is -2.27. The number of benzene rings is 1. The number of hydrogen-bond acceptors (Lipinski definition) is 1. The minimum atomic E-state index is -0.837. The Morgan fingerprint density at radius 1 is 0.889 bits per heavy atom. The molecule has 0 spiro atoms. The molecule has 2 saturated carbocycles. The Hall–Kier alpha value is -1.38. The minimum absolute atomic E-state index is 0.436. The van der Waals surface area contributed by atoms with Gasteiger partial charge in [-0.1, -0.05) is 25.3 Å². The molecule has 0 unspecified atom stereocenters. The van der Waals surface area contributed by atoms with Crippen LogP contribution in [-0.4, -0.2) is 6.61 Å². The summed E-state index contributed by atoms with van der Waals surface area (Å²) in [5, 5.41) is 0. The Kier molecular flexibility index (Phi) is 7.72. The summed E-state index contributed by atoms with van der Waals surface area (Å²) in [5.41, 5.74) is 0. The second kappa shape index (κ2) is 10.2. The van der Waals surface area contributed by atoms with E-state index in [9.17, 15) is 8.78 Å². The molecular weight excluding hydrogens is 342 g/mol. The van der Waals surface area contributed by atoms with Gasteiger partial charge in [-0.25, -0.2) is 8.78 Å². The molecule has 2 fully saturated rings. The van der Waals surface area contributed by atoms with Crippen LogP contribution in [0.4, 0.5) is 8.78 Å². The highest BCUT2D eigenvalue weighted by Gasteiger charge is 2.30. The fourth-order valence-corrected chi connectivity index (χ4v) is 5.11. The van der Waals surface area contributed by atoms with Gasteiger partial charge >= 0.3 is 0 Å². The first-order valence-corrected chi connectivity index (χ1v) is 10.8. The second-order valence-corrected chi connectivity index (χ2v) is 8.67. The summed E-state index contributed by atoms with van der Waals surface area (Å²) >= 11 is 0. The molecule has 2 aliphatic rings. The molecule has 2 aliphatic carbocycles. The van der Waals surface area contributed by atoms with Gasteiger partial charge in [0, 0.05) is 6.07 Å². The Morgan fingerprint density at radius 2 is 1.52 bits per heavy atom. The zero-order valence-electron chi connectivity index (χ0n) is 16.5. The number of unbranched alkanes of at least 4 members (excludes halogenated alkanes) is 1. The highest BCUT2D eigenvalue weighted by molar-refractivity contribution is 5.23. The van der Waals surface area contributed by atoms with E-state index < -0.39 is 11.6 Å². The van der Waals surface area contributed by atoms with Crippen molar-refractivity contribution in [1.82, 2.24) is 0 Å². The van der Waals surface area contributed by atoms with Gasteiger partial charge in [0.25, 0.3) is 0 Å². The predicted molar refractivity (Wildman–Crippen MR) is 107 cm³/mol. The molecule has 1 nitrogen and oxygen atoms in total. The van der Waals surface area contributed by atoms with Gasteiger partial charge in [-0.15, -0.1) is 6.58 Å². The summed E-state index contributed by atoms with van der Waals surface area (Å²) in [7, 11) is 0. The van der Waals surface area contributed by atoms with E-state index >= 15 is 0 Å². The zero-order chi connectivity index (χ0) is 19.1. The monoisotopic (exact) mass is 376 g/mol. The van der Waals surface area contributed by atoms with E-state index in [2.05, 4.69) is 6.58 Å². The lowest BCUT2D eigenvalue weighted by Gasteiger charge is -2.37. The molecule has 0 aromatic heterocycles. The second-order valence-electron chi connectivity index (χ2n) is 8.67. The first-order chi connectivity index (χ1) is 13.2. The van der Waals surface area contributed by atoms with Gasteiger partial charge in [0.2, 0.25) is 0 Å². The maximum absolute atomic E-state index is 13.3. The molecule has 3 heteroatoms. The van der Waals surface area contributed by atoms with Crippen LogP contribution in [0.5, 0.6) is 5.75 Å². The molecule has 0 radical (unpaired) electrons. The Labute approximate surface area is 163 Å². The molecule has 0 saturated heterocycles. The maximum atomic E-state index is 13.3. The molecule has 0 N–H and O–H groups in total. The quantitative estimate of drug-likeness (QED) is 0.341. The lowest BCUT2D eigenvalue weighted by atomic mass is 9.69. The van der Waals surface area contributed by atoms with Gasteiger partial charge in [-0.3, -0.25) is 0 Å². The Bertz CT molecular complexity index is 584. The fourth-order valence-electron chi connectivity index (χ4n) is 5.11. The van der Waals surface area contributed by atoms with Crippen molar-refractivity contribution in [3.05, 3.63) is 42.5 Å². The number of rotatable bonds is 8. The molecule has 0 bridgehead atoms. The molecule has 0 heterocycles. The van der Waals surface area contributed by atoms with Crippen molar-refractivity contribution in [3.8, 4) is 5.75 Å². The van der Waals surface area contributed by atoms with Gasteiger partial charge in [0.15, 0.2) is 11.6 Å². The van der Waals surface area contributed by atoms with Crippen LogP contribution in [0.3, 0.4) is 0 Å². The summed E-state index contributed by atoms with van der Waals surface area (Å²) < 4.78 is 31.9. The van der Waals surface area contributed by atoms with Crippen molar-refractivity contribution in [2.75, 3.05) is 6.61 Å². The van der Waals surface area contributed by atoms with Crippen LogP contribution in [0.1, 0.15) is 70.6 Å². The van der Waals surface area contributed by atoms with Gasteiger partial charge < -0.3 is 4.74 Å². The van der Waals surface area contributed by atoms with E-state index in [0.29, 0.717) is 18.3 Å². The van der Waals surface area contributed by atoms with Crippen LogP contribution < -0.4 is 4.74 Å². The van der Waals surface area contributed by atoms with Crippen molar-refractivity contribution < 1.29 is 13.5 Å². The minimum Gasteiger partial charge on any atom is -0.493 e. The van der Waals surface area contributed by atoms with Crippen molar-refractivity contribution in [2.45, 2.75) is 70.6 Å². The van der Waals surface area contributed by atoms with Gasteiger partial charge in [-0.05, 0) is 87.2 Å². The summed E-state index contributed by atoms with van der Waals surface area (Å²) in [6, 6.07) is 3.79. The van der Waals surface area contributed by atoms with Crippen LogP contribution in [0.2, 0.25) is 0 Å². The highest BCUT2D eigenvalue weighted by atomic mass is 19.2. The predicted octanol–water partition coefficient (Wildman–Crippen LogP) is 7.31. The Balaban J connectivity index is 1.34. The van der Waals surface area contributed by atoms with E-state index in [1.807, 2.05) is 6.08 Å². The number of halogens is 2. The van der Waals surface area contributed by atoms with Crippen LogP contribution in [-0.2, 0) is 0 Å². The van der Waals surface area contributed by atoms with Crippen molar-refractivity contribution in [1.29, 1.82) is 0 Å². The van der Waals surface area contributed by atoms with Crippen LogP contribution in [0, 0.1) is 35.3 Å². The van der Waals surface area contributed by atoms with E-state index in [1.165, 1.54) is 70.3 Å². The SMILES string of the molecule is C=CCCC[C@H]1CC[C@H](C2CCC(COc3ccc(F)c(F)c3)CC2)CC1. The number of hydrogen-bond donors (Lipinski definition) is 0. The largest absolute Gasteiger partial charge is 0.493 e. The van der Waals surface area contributed by atoms with E-state index in [4.69, 9.17) is 4.74 Å². The topological polar surface area (TPSA) is 9.23 Å². The smallest absolute Gasteiger partial charge is 0.162 e. The van der Waals surface area contributed by atoms with Crippen LogP contribution in [0.25, 0.3) is 0 Å². The standard InChI is InChI=1S/C24H34F2O/c1-2-3-4-5-18-6-10-20(11-7-18)21-12-8-19(9-13-21)17-27-22-14-15-23(25)24(26)16-22/h2,14-16,18-21H,1,3-13,17H2/t18-,19?,20-,21?. The highest BCUT2D eigenvalue weighted by Crippen LogP contribution is 2.42. The first kappa shape index (κ1) is 20.4. The Morgan fingerprint density at radius 3 is 2.11 bits per heavy atom. The maximum Gasteiger partial charge on any atom is 0.162 e. The van der Waals surface area contributed by atoms with Crippen molar-refractivity contribution >= 4 is 0 Å².